The highest BCUT2D eigenvalue weighted by Crippen LogP contribution is 2.13. The molecule has 1 N–H and O–H groups in total. The van der Waals surface area contributed by atoms with Crippen molar-refractivity contribution in [2.24, 2.45) is 0 Å². The van der Waals surface area contributed by atoms with E-state index in [1.165, 1.54) is 23.6 Å². The summed E-state index contributed by atoms with van der Waals surface area (Å²) in [5.74, 6) is 2.02. The molecule has 1 fully saturated rings. The molecule has 0 atom stereocenters. The van der Waals surface area contributed by atoms with Gasteiger partial charge in [0.25, 0.3) is 0 Å². The summed E-state index contributed by atoms with van der Waals surface area (Å²) in [5, 5.41) is 11.9. The minimum Gasteiger partial charge on any atom is -0.384 e. The summed E-state index contributed by atoms with van der Waals surface area (Å²) in [6, 6.07) is 6.30. The molecule has 96 valence electrons. The van der Waals surface area contributed by atoms with Crippen molar-refractivity contribution in [3.05, 3.63) is 29.6 Å². The van der Waals surface area contributed by atoms with Gasteiger partial charge in [-0.2, -0.15) is 17.0 Å². The van der Waals surface area contributed by atoms with Crippen LogP contribution < -0.4 is 5.32 Å². The lowest BCUT2D eigenvalue weighted by Gasteiger charge is -2.26. The maximum Gasteiger partial charge on any atom is 0.126 e. The zero-order valence-electron chi connectivity index (χ0n) is 10.2. The van der Waals surface area contributed by atoms with E-state index in [0.717, 1.165) is 26.2 Å². The number of thioether (sulfide) groups is 1. The van der Waals surface area contributed by atoms with Crippen LogP contribution in [0.1, 0.15) is 5.56 Å². The van der Waals surface area contributed by atoms with Gasteiger partial charge in [0.15, 0.2) is 0 Å². The topological polar surface area (TPSA) is 39.1 Å². The van der Waals surface area contributed by atoms with Gasteiger partial charge in [-0.3, -0.25) is 4.90 Å². The van der Waals surface area contributed by atoms with Gasteiger partial charge in [0.05, 0.1) is 11.6 Å². The van der Waals surface area contributed by atoms with E-state index in [1.807, 2.05) is 17.8 Å². The summed E-state index contributed by atoms with van der Waals surface area (Å²) in [4.78, 5) is 2.40. The molecule has 3 nitrogen and oxygen atoms in total. The van der Waals surface area contributed by atoms with Crippen molar-refractivity contribution in [2.75, 3.05) is 43.0 Å². The summed E-state index contributed by atoms with van der Waals surface area (Å²) in [6.07, 6.45) is 0. The molecule has 0 amide bonds. The zero-order valence-corrected chi connectivity index (χ0v) is 11.0. The number of rotatable bonds is 4. The zero-order chi connectivity index (χ0) is 12.8. The molecule has 0 radical (unpaired) electrons. The highest BCUT2D eigenvalue weighted by molar-refractivity contribution is 7.99. The van der Waals surface area contributed by atoms with Gasteiger partial charge in [-0.15, -0.1) is 0 Å². The maximum atomic E-state index is 13.2. The summed E-state index contributed by atoms with van der Waals surface area (Å²) < 4.78 is 13.2. The number of hydrogen-bond acceptors (Lipinski definition) is 4. The minimum atomic E-state index is -0.370. The first-order valence-electron chi connectivity index (χ1n) is 6.02. The molecular formula is C13H16FN3S. The molecule has 1 saturated heterocycles. The Morgan fingerprint density at radius 3 is 2.83 bits per heavy atom. The molecule has 0 bridgehead atoms. The number of hydrogen-bond donors (Lipinski definition) is 1. The molecule has 1 heterocycles. The van der Waals surface area contributed by atoms with Crippen LogP contribution in [0, 0.1) is 17.1 Å². The van der Waals surface area contributed by atoms with E-state index >= 15 is 0 Å². The Labute approximate surface area is 111 Å². The molecule has 0 aromatic heterocycles. The van der Waals surface area contributed by atoms with Crippen LogP contribution in [0.3, 0.4) is 0 Å². The highest BCUT2D eigenvalue weighted by Gasteiger charge is 2.09. The third-order valence-corrected chi connectivity index (χ3v) is 3.83. The van der Waals surface area contributed by atoms with Crippen molar-refractivity contribution in [3.8, 4) is 6.07 Å². The Hall–Kier alpha value is -1.25. The Balaban J connectivity index is 1.82. The molecular weight excluding hydrogens is 249 g/mol. The van der Waals surface area contributed by atoms with Crippen molar-refractivity contribution >= 4 is 17.4 Å². The quantitative estimate of drug-likeness (QED) is 0.905. The monoisotopic (exact) mass is 265 g/mol. The molecule has 18 heavy (non-hydrogen) atoms. The second-order valence-corrected chi connectivity index (χ2v) is 5.45. The van der Waals surface area contributed by atoms with Gasteiger partial charge >= 0.3 is 0 Å². The predicted molar refractivity (Wildman–Crippen MR) is 73.4 cm³/mol. The number of nitriles is 1. The number of anilines is 1. The normalized spacial score (nSPS) is 16.2. The van der Waals surface area contributed by atoms with Gasteiger partial charge < -0.3 is 5.32 Å². The molecule has 1 aromatic carbocycles. The molecule has 0 spiro atoms. The average Bonchev–Trinajstić information content (AvgIpc) is 2.39. The van der Waals surface area contributed by atoms with Crippen LogP contribution in [0.2, 0.25) is 0 Å². The van der Waals surface area contributed by atoms with Crippen LogP contribution >= 0.6 is 11.8 Å². The molecule has 0 unspecified atom stereocenters. The summed E-state index contributed by atoms with van der Waals surface area (Å²) in [7, 11) is 0. The standard InChI is InChI=1S/C13H16FN3S/c14-12-7-11(10-15)8-13(9-12)16-1-2-17-3-5-18-6-4-17/h7-9,16H,1-6H2. The maximum absolute atomic E-state index is 13.2. The van der Waals surface area contributed by atoms with Gasteiger partial charge in [0.2, 0.25) is 0 Å². The Kier molecular flexibility index (Phi) is 4.85. The number of nitrogens with one attached hydrogen (secondary N) is 1. The number of nitrogens with zero attached hydrogens (tertiary/aromatic N) is 2. The van der Waals surface area contributed by atoms with E-state index in [1.54, 1.807) is 6.07 Å². The summed E-state index contributed by atoms with van der Waals surface area (Å²) >= 11 is 1.99. The average molecular weight is 265 g/mol. The van der Waals surface area contributed by atoms with Crippen LogP contribution in [0.5, 0.6) is 0 Å². The van der Waals surface area contributed by atoms with E-state index in [9.17, 15) is 4.39 Å². The Bertz CT molecular complexity index is 438. The first kappa shape index (κ1) is 13.2. The van der Waals surface area contributed by atoms with Crippen LogP contribution in [-0.2, 0) is 0 Å². The first-order valence-corrected chi connectivity index (χ1v) is 7.18. The number of halogens is 1. The fourth-order valence-corrected chi connectivity index (χ4v) is 2.92. The van der Waals surface area contributed by atoms with E-state index in [0.29, 0.717) is 11.3 Å². The predicted octanol–water partition coefficient (Wildman–Crippen LogP) is 2.16. The highest BCUT2D eigenvalue weighted by atomic mass is 32.2. The lowest BCUT2D eigenvalue weighted by molar-refractivity contribution is 0.314. The molecule has 1 aromatic rings. The fraction of sp³-hybridized carbons (Fsp3) is 0.462. The van der Waals surface area contributed by atoms with Crippen LogP contribution in [-0.4, -0.2) is 42.6 Å². The second kappa shape index (κ2) is 6.62. The van der Waals surface area contributed by atoms with E-state index in [2.05, 4.69) is 10.2 Å². The Morgan fingerprint density at radius 1 is 1.33 bits per heavy atom. The smallest absolute Gasteiger partial charge is 0.126 e. The van der Waals surface area contributed by atoms with Crippen molar-refractivity contribution in [1.29, 1.82) is 5.26 Å². The van der Waals surface area contributed by atoms with Gasteiger partial charge in [-0.1, -0.05) is 0 Å². The van der Waals surface area contributed by atoms with Crippen LogP contribution in [0.25, 0.3) is 0 Å². The summed E-state index contributed by atoms with van der Waals surface area (Å²) in [6.45, 7) is 3.98. The minimum absolute atomic E-state index is 0.354. The van der Waals surface area contributed by atoms with Crippen LogP contribution in [0.4, 0.5) is 10.1 Å². The third kappa shape index (κ3) is 3.90. The van der Waals surface area contributed by atoms with Crippen molar-refractivity contribution in [3.63, 3.8) is 0 Å². The molecule has 1 aliphatic heterocycles. The lowest BCUT2D eigenvalue weighted by atomic mass is 10.2. The van der Waals surface area contributed by atoms with Crippen LogP contribution in [0.15, 0.2) is 18.2 Å². The third-order valence-electron chi connectivity index (χ3n) is 2.89. The number of benzene rings is 1. The Morgan fingerprint density at radius 2 is 2.11 bits per heavy atom. The first-order chi connectivity index (χ1) is 8.78. The van der Waals surface area contributed by atoms with Crippen molar-refractivity contribution < 1.29 is 4.39 Å². The summed E-state index contributed by atoms with van der Waals surface area (Å²) in [5.41, 5.74) is 1.03. The molecule has 0 aliphatic carbocycles. The largest absolute Gasteiger partial charge is 0.384 e. The van der Waals surface area contributed by atoms with E-state index in [-0.39, 0.29) is 5.82 Å². The molecule has 5 heteroatoms. The lowest BCUT2D eigenvalue weighted by Crippen LogP contribution is -2.36. The molecule has 0 saturated carbocycles. The fourth-order valence-electron chi connectivity index (χ4n) is 1.94. The molecule has 1 aliphatic rings. The molecule has 2 rings (SSSR count). The van der Waals surface area contributed by atoms with Crippen molar-refractivity contribution in [2.45, 2.75) is 0 Å². The van der Waals surface area contributed by atoms with E-state index < -0.39 is 0 Å². The van der Waals surface area contributed by atoms with Gasteiger partial charge in [-0.25, -0.2) is 4.39 Å². The SMILES string of the molecule is N#Cc1cc(F)cc(NCCN2CCSCC2)c1. The van der Waals surface area contributed by atoms with Gasteiger partial charge in [0.1, 0.15) is 5.82 Å². The van der Waals surface area contributed by atoms with Gasteiger partial charge in [-0.05, 0) is 18.2 Å². The van der Waals surface area contributed by atoms with Gasteiger partial charge in [0, 0.05) is 43.4 Å². The second-order valence-electron chi connectivity index (χ2n) is 4.22. The van der Waals surface area contributed by atoms with E-state index in [4.69, 9.17) is 5.26 Å². The van der Waals surface area contributed by atoms with Crippen molar-refractivity contribution in [1.82, 2.24) is 4.90 Å².